The Labute approximate surface area is 93.3 Å². The number of anilines is 1. The molecule has 1 heterocycles. The Morgan fingerprint density at radius 1 is 1.41 bits per heavy atom. The van der Waals surface area contributed by atoms with E-state index in [1.54, 1.807) is 0 Å². The fraction of sp³-hybridized carbons (Fsp3) is 0.222. The number of halogens is 3. The molecule has 0 aromatic carbocycles. The Bertz CT molecular complexity index is 471. The third kappa shape index (κ3) is 2.92. The van der Waals surface area contributed by atoms with Crippen molar-refractivity contribution in [2.75, 3.05) is 5.32 Å². The lowest BCUT2D eigenvalue weighted by molar-refractivity contribution is -0.167. The van der Waals surface area contributed by atoms with Gasteiger partial charge in [0.2, 0.25) is 0 Å². The number of aryl methyl sites for hydroxylation is 1. The number of carbonyl (C=O) groups excluding carboxylic acids is 1. The molecular formula is C9H7F3N2O3. The van der Waals surface area contributed by atoms with Gasteiger partial charge in [-0.05, 0) is 18.6 Å². The van der Waals surface area contributed by atoms with Crippen LogP contribution in [0.1, 0.15) is 16.1 Å². The van der Waals surface area contributed by atoms with Crippen LogP contribution in [0.5, 0.6) is 0 Å². The average molecular weight is 248 g/mol. The number of carboxylic acid groups (broad SMARTS) is 1. The van der Waals surface area contributed by atoms with Crippen molar-refractivity contribution in [2.45, 2.75) is 13.1 Å². The number of pyridine rings is 1. The highest BCUT2D eigenvalue weighted by Crippen LogP contribution is 2.22. The number of amides is 1. The molecule has 1 aromatic rings. The summed E-state index contributed by atoms with van der Waals surface area (Å²) in [7, 11) is 0. The van der Waals surface area contributed by atoms with Crippen molar-refractivity contribution in [3.8, 4) is 0 Å². The zero-order chi connectivity index (χ0) is 13.2. The summed E-state index contributed by atoms with van der Waals surface area (Å²) in [4.78, 5) is 24.8. The minimum absolute atomic E-state index is 0.176. The number of nitrogens with one attached hydrogen (secondary N) is 1. The first-order valence-corrected chi connectivity index (χ1v) is 4.30. The third-order valence-electron chi connectivity index (χ3n) is 1.86. The van der Waals surface area contributed by atoms with E-state index in [9.17, 15) is 22.8 Å². The van der Waals surface area contributed by atoms with Gasteiger partial charge in [0.1, 0.15) is 0 Å². The molecule has 0 atom stereocenters. The summed E-state index contributed by atoms with van der Waals surface area (Å²) in [6.45, 7) is 1.36. The summed E-state index contributed by atoms with van der Waals surface area (Å²) >= 11 is 0. The molecule has 1 rings (SSSR count). The molecule has 0 bridgehead atoms. The van der Waals surface area contributed by atoms with Gasteiger partial charge in [-0.15, -0.1) is 0 Å². The summed E-state index contributed by atoms with van der Waals surface area (Å²) in [5.74, 6) is -3.76. The van der Waals surface area contributed by atoms with Crippen molar-refractivity contribution in [2.24, 2.45) is 0 Å². The fourth-order valence-corrected chi connectivity index (χ4v) is 1.06. The van der Waals surface area contributed by atoms with Crippen LogP contribution < -0.4 is 5.32 Å². The van der Waals surface area contributed by atoms with Gasteiger partial charge >= 0.3 is 18.1 Å². The molecule has 1 aromatic heterocycles. The molecule has 8 heteroatoms. The van der Waals surface area contributed by atoms with Gasteiger partial charge in [0.25, 0.3) is 0 Å². The molecule has 92 valence electrons. The van der Waals surface area contributed by atoms with Gasteiger partial charge in [-0.25, -0.2) is 9.78 Å². The van der Waals surface area contributed by atoms with Crippen LogP contribution in [0.3, 0.4) is 0 Å². The molecule has 0 saturated heterocycles. The van der Waals surface area contributed by atoms with E-state index < -0.39 is 29.4 Å². The Kier molecular flexibility index (Phi) is 3.35. The van der Waals surface area contributed by atoms with Crippen LogP contribution in [0.4, 0.5) is 18.9 Å². The monoisotopic (exact) mass is 248 g/mol. The summed E-state index contributed by atoms with van der Waals surface area (Å²) in [6, 6.07) is 1.29. The minimum Gasteiger partial charge on any atom is -0.476 e. The third-order valence-corrected chi connectivity index (χ3v) is 1.86. The van der Waals surface area contributed by atoms with Crippen LogP contribution in [0.15, 0.2) is 12.3 Å². The van der Waals surface area contributed by atoms with Gasteiger partial charge in [0.05, 0.1) is 5.69 Å². The normalized spacial score (nSPS) is 11.1. The van der Waals surface area contributed by atoms with Crippen LogP contribution in [-0.2, 0) is 4.79 Å². The van der Waals surface area contributed by atoms with Crippen molar-refractivity contribution in [3.05, 3.63) is 23.5 Å². The first kappa shape index (κ1) is 12.9. The number of carbonyl (C=O) groups is 2. The predicted molar refractivity (Wildman–Crippen MR) is 50.6 cm³/mol. The number of aromatic nitrogens is 1. The highest BCUT2D eigenvalue weighted by Gasteiger charge is 2.39. The number of aromatic carboxylic acids is 1. The highest BCUT2D eigenvalue weighted by molar-refractivity contribution is 6.01. The summed E-state index contributed by atoms with van der Waals surface area (Å²) in [5, 5.41) is 10.2. The smallest absolute Gasteiger partial charge is 0.471 e. The maximum Gasteiger partial charge on any atom is 0.471 e. The molecule has 17 heavy (non-hydrogen) atoms. The van der Waals surface area contributed by atoms with Gasteiger partial charge < -0.3 is 10.4 Å². The number of alkyl halides is 3. The molecular weight excluding hydrogens is 241 g/mol. The van der Waals surface area contributed by atoms with Crippen molar-refractivity contribution >= 4 is 17.6 Å². The predicted octanol–water partition coefficient (Wildman–Crippen LogP) is 1.59. The first-order chi connectivity index (χ1) is 7.73. The summed E-state index contributed by atoms with van der Waals surface area (Å²) < 4.78 is 36.1. The molecule has 0 aliphatic rings. The van der Waals surface area contributed by atoms with Crippen molar-refractivity contribution in [1.82, 2.24) is 4.98 Å². The largest absolute Gasteiger partial charge is 0.476 e. The second-order valence-corrected chi connectivity index (χ2v) is 3.11. The minimum atomic E-state index is -5.09. The van der Waals surface area contributed by atoms with Crippen LogP contribution in [-0.4, -0.2) is 28.1 Å². The maximum absolute atomic E-state index is 12.0. The van der Waals surface area contributed by atoms with Crippen molar-refractivity contribution in [1.29, 1.82) is 0 Å². The number of hydrogen-bond donors (Lipinski definition) is 2. The van der Waals surface area contributed by atoms with E-state index in [1.807, 2.05) is 0 Å². The van der Waals surface area contributed by atoms with Gasteiger partial charge in [-0.1, -0.05) is 0 Å². The van der Waals surface area contributed by atoms with E-state index in [1.165, 1.54) is 18.3 Å². The standard InChI is InChI=1S/C9H7F3N2O3/c1-4-2-3-13-6(7(15)16)5(4)14-8(17)9(10,11)12/h2-3H,1H3,(H,14,17)(H,15,16). The molecule has 5 nitrogen and oxygen atoms in total. The highest BCUT2D eigenvalue weighted by atomic mass is 19.4. The molecule has 0 saturated carbocycles. The second-order valence-electron chi connectivity index (χ2n) is 3.11. The lowest BCUT2D eigenvalue weighted by atomic mass is 10.2. The van der Waals surface area contributed by atoms with Crippen LogP contribution in [0.2, 0.25) is 0 Å². The van der Waals surface area contributed by atoms with Crippen LogP contribution >= 0.6 is 0 Å². The van der Waals surface area contributed by atoms with E-state index in [0.29, 0.717) is 0 Å². The Balaban J connectivity index is 3.14. The Hall–Kier alpha value is -2.12. The topological polar surface area (TPSA) is 79.3 Å². The summed E-state index contributed by atoms with van der Waals surface area (Å²) in [6.07, 6.45) is -3.96. The number of carboxylic acids is 1. The van der Waals surface area contributed by atoms with Crippen molar-refractivity contribution in [3.63, 3.8) is 0 Å². The number of rotatable bonds is 2. The van der Waals surface area contributed by atoms with Gasteiger partial charge in [-0.2, -0.15) is 13.2 Å². The molecule has 0 aliphatic carbocycles. The zero-order valence-corrected chi connectivity index (χ0v) is 8.50. The maximum atomic E-state index is 12.0. The molecule has 0 radical (unpaired) electrons. The van der Waals surface area contributed by atoms with Gasteiger partial charge in [-0.3, -0.25) is 4.79 Å². The number of hydrogen-bond acceptors (Lipinski definition) is 3. The van der Waals surface area contributed by atoms with E-state index in [4.69, 9.17) is 5.11 Å². The lowest BCUT2D eigenvalue weighted by Gasteiger charge is -2.11. The van der Waals surface area contributed by atoms with E-state index in [0.717, 1.165) is 6.20 Å². The first-order valence-electron chi connectivity index (χ1n) is 4.30. The molecule has 0 aliphatic heterocycles. The van der Waals surface area contributed by atoms with Gasteiger partial charge in [0.15, 0.2) is 5.69 Å². The van der Waals surface area contributed by atoms with Crippen LogP contribution in [0.25, 0.3) is 0 Å². The van der Waals surface area contributed by atoms with E-state index in [2.05, 4.69) is 4.98 Å². The second kappa shape index (κ2) is 4.40. The van der Waals surface area contributed by atoms with E-state index >= 15 is 0 Å². The average Bonchev–Trinajstić information content (AvgIpc) is 2.18. The van der Waals surface area contributed by atoms with E-state index in [-0.39, 0.29) is 5.56 Å². The molecule has 2 N–H and O–H groups in total. The molecule has 0 unspecified atom stereocenters. The SMILES string of the molecule is Cc1ccnc(C(=O)O)c1NC(=O)C(F)(F)F. The quantitative estimate of drug-likeness (QED) is 0.832. The summed E-state index contributed by atoms with van der Waals surface area (Å²) in [5.41, 5.74) is -0.917. The Morgan fingerprint density at radius 2 is 2.00 bits per heavy atom. The van der Waals surface area contributed by atoms with Gasteiger partial charge in [0, 0.05) is 6.20 Å². The zero-order valence-electron chi connectivity index (χ0n) is 8.50. The number of nitrogens with zero attached hydrogens (tertiary/aromatic N) is 1. The van der Waals surface area contributed by atoms with Crippen LogP contribution in [0, 0.1) is 6.92 Å². The molecule has 0 spiro atoms. The molecule has 1 amide bonds. The Morgan fingerprint density at radius 3 is 2.47 bits per heavy atom. The lowest BCUT2D eigenvalue weighted by Crippen LogP contribution is -2.31. The molecule has 0 fully saturated rings. The van der Waals surface area contributed by atoms with Crippen molar-refractivity contribution < 1.29 is 27.9 Å². The fourth-order valence-electron chi connectivity index (χ4n) is 1.06.